The summed E-state index contributed by atoms with van der Waals surface area (Å²) < 4.78 is 0. The molecule has 166 valence electrons. The molecule has 0 aromatic carbocycles. The zero-order valence-corrected chi connectivity index (χ0v) is 18.4. The van der Waals surface area contributed by atoms with E-state index >= 15 is 0 Å². The van der Waals surface area contributed by atoms with E-state index in [1.165, 1.54) is 38.5 Å². The maximum atomic E-state index is 12.5. The number of rotatable bonds is 7. The van der Waals surface area contributed by atoms with Crippen molar-refractivity contribution in [1.29, 1.82) is 0 Å². The van der Waals surface area contributed by atoms with Crippen molar-refractivity contribution in [2.75, 3.05) is 13.1 Å². The van der Waals surface area contributed by atoms with E-state index in [0.717, 1.165) is 49.9 Å². The number of nitrogens with two attached hydrogens (primary N) is 1. The van der Waals surface area contributed by atoms with Gasteiger partial charge in [-0.1, -0.05) is 19.3 Å². The Morgan fingerprint density at radius 1 is 0.966 bits per heavy atom. The summed E-state index contributed by atoms with van der Waals surface area (Å²) >= 11 is 0. The van der Waals surface area contributed by atoms with Crippen LogP contribution in [-0.4, -0.2) is 36.6 Å². The van der Waals surface area contributed by atoms with E-state index in [-0.39, 0.29) is 35.9 Å². The largest absolute Gasteiger partial charge is 0.352 e. The summed E-state index contributed by atoms with van der Waals surface area (Å²) in [5.41, 5.74) is 5.92. The smallest absolute Gasteiger partial charge is 0.315 e. The zero-order valence-electron chi connectivity index (χ0n) is 17.6. The van der Waals surface area contributed by atoms with Gasteiger partial charge in [0, 0.05) is 31.1 Å². The van der Waals surface area contributed by atoms with Crippen molar-refractivity contribution in [2.24, 2.45) is 29.4 Å². The summed E-state index contributed by atoms with van der Waals surface area (Å²) in [6.07, 6.45) is 13.9. The van der Waals surface area contributed by atoms with Crippen LogP contribution in [0.15, 0.2) is 0 Å². The third-order valence-electron chi connectivity index (χ3n) is 7.87. The van der Waals surface area contributed by atoms with Gasteiger partial charge in [-0.2, -0.15) is 0 Å². The molecule has 0 heterocycles. The Morgan fingerprint density at radius 2 is 1.55 bits per heavy atom. The van der Waals surface area contributed by atoms with Crippen LogP contribution in [0.5, 0.6) is 0 Å². The SMILES string of the molecule is Cl.NCC(NC(=O)CCNC(=O)NC12CC3CC(CC(C3)C1)C2)C1CCCCC1. The second-order valence-corrected chi connectivity index (χ2v) is 10.1. The monoisotopic (exact) mass is 426 g/mol. The number of amides is 3. The van der Waals surface area contributed by atoms with Gasteiger partial charge in [0.25, 0.3) is 0 Å². The third kappa shape index (κ3) is 5.57. The fraction of sp³-hybridized carbons (Fsp3) is 0.909. The lowest BCUT2D eigenvalue weighted by atomic mass is 9.53. The second kappa shape index (κ2) is 9.86. The van der Waals surface area contributed by atoms with E-state index in [2.05, 4.69) is 16.0 Å². The Bertz CT molecular complexity index is 544. The first-order chi connectivity index (χ1) is 13.5. The lowest BCUT2D eigenvalue weighted by Crippen LogP contribution is -2.61. The molecule has 29 heavy (non-hydrogen) atoms. The molecular formula is C22H39ClN4O2. The molecule has 1 atom stereocenters. The molecule has 0 aliphatic heterocycles. The minimum absolute atomic E-state index is 0. The van der Waals surface area contributed by atoms with E-state index in [0.29, 0.717) is 25.4 Å². The number of carbonyl (C=O) groups is 2. The minimum Gasteiger partial charge on any atom is -0.352 e. The van der Waals surface area contributed by atoms with Crippen LogP contribution in [0.1, 0.15) is 77.0 Å². The number of hydrogen-bond donors (Lipinski definition) is 4. The van der Waals surface area contributed by atoms with Gasteiger partial charge in [-0.05, 0) is 75.0 Å². The molecule has 3 amide bonds. The molecule has 5 N–H and O–H groups in total. The third-order valence-corrected chi connectivity index (χ3v) is 7.87. The quantitative estimate of drug-likeness (QED) is 0.503. The van der Waals surface area contributed by atoms with Crippen LogP contribution in [0.25, 0.3) is 0 Å². The summed E-state index contributed by atoms with van der Waals surface area (Å²) in [7, 11) is 0. The molecule has 0 aromatic rings. The molecule has 5 rings (SSSR count). The van der Waals surface area contributed by atoms with Crippen molar-refractivity contribution in [3.8, 4) is 0 Å². The molecular weight excluding hydrogens is 388 g/mol. The van der Waals surface area contributed by atoms with Gasteiger partial charge in [0.15, 0.2) is 0 Å². The summed E-state index contributed by atoms with van der Waals surface area (Å²) in [6, 6.07) is -0.0222. The maximum absolute atomic E-state index is 12.5. The number of carbonyl (C=O) groups excluding carboxylic acids is 2. The van der Waals surface area contributed by atoms with Crippen LogP contribution in [-0.2, 0) is 4.79 Å². The van der Waals surface area contributed by atoms with Gasteiger partial charge in [-0.15, -0.1) is 12.4 Å². The first kappa shape index (κ1) is 22.7. The zero-order chi connectivity index (χ0) is 19.6. The molecule has 5 aliphatic rings. The van der Waals surface area contributed by atoms with Crippen LogP contribution < -0.4 is 21.7 Å². The van der Waals surface area contributed by atoms with Crippen LogP contribution in [0.2, 0.25) is 0 Å². The molecule has 7 heteroatoms. The molecule has 0 aromatic heterocycles. The predicted octanol–water partition coefficient (Wildman–Crippen LogP) is 3.09. The lowest BCUT2D eigenvalue weighted by Gasteiger charge is -2.56. The Hall–Kier alpha value is -1.01. The topological polar surface area (TPSA) is 96.2 Å². The van der Waals surface area contributed by atoms with Gasteiger partial charge in [0.05, 0.1) is 0 Å². The van der Waals surface area contributed by atoms with E-state index in [9.17, 15) is 9.59 Å². The molecule has 5 fully saturated rings. The van der Waals surface area contributed by atoms with E-state index in [1.807, 2.05) is 0 Å². The highest BCUT2D eigenvalue weighted by Crippen LogP contribution is 2.55. The molecule has 4 bridgehead atoms. The standard InChI is InChI=1S/C22H38N4O2.ClH/c23-14-19(18-4-2-1-3-5-18)25-20(27)6-7-24-21(28)26-22-11-15-8-16(12-22)10-17(9-15)13-22;/h15-19H,1-14,23H2,(H,25,27)(H2,24,26,28);1H. The van der Waals surface area contributed by atoms with Gasteiger partial charge >= 0.3 is 6.03 Å². The van der Waals surface area contributed by atoms with Crippen molar-refractivity contribution >= 4 is 24.3 Å². The highest BCUT2D eigenvalue weighted by Gasteiger charge is 2.51. The maximum Gasteiger partial charge on any atom is 0.315 e. The van der Waals surface area contributed by atoms with E-state index in [4.69, 9.17) is 5.73 Å². The Labute approximate surface area is 181 Å². The molecule has 5 saturated carbocycles. The van der Waals surface area contributed by atoms with Crippen molar-refractivity contribution in [3.05, 3.63) is 0 Å². The average molecular weight is 427 g/mol. The van der Waals surface area contributed by atoms with Gasteiger partial charge < -0.3 is 21.7 Å². The highest BCUT2D eigenvalue weighted by atomic mass is 35.5. The van der Waals surface area contributed by atoms with E-state index in [1.54, 1.807) is 0 Å². The normalized spacial score (nSPS) is 34.2. The first-order valence-electron chi connectivity index (χ1n) is 11.6. The van der Waals surface area contributed by atoms with Crippen molar-refractivity contribution < 1.29 is 9.59 Å². The van der Waals surface area contributed by atoms with Crippen molar-refractivity contribution in [1.82, 2.24) is 16.0 Å². The van der Waals surface area contributed by atoms with Gasteiger partial charge in [-0.25, -0.2) is 4.79 Å². The molecule has 0 spiro atoms. The molecule has 0 radical (unpaired) electrons. The lowest BCUT2D eigenvalue weighted by molar-refractivity contribution is -0.122. The summed E-state index contributed by atoms with van der Waals surface area (Å²) in [6.45, 7) is 0.877. The summed E-state index contributed by atoms with van der Waals surface area (Å²) in [5, 5.41) is 9.32. The first-order valence-corrected chi connectivity index (χ1v) is 11.6. The molecule has 5 aliphatic carbocycles. The molecule has 0 saturated heterocycles. The van der Waals surface area contributed by atoms with Crippen LogP contribution in [0, 0.1) is 23.7 Å². The Morgan fingerprint density at radius 3 is 2.10 bits per heavy atom. The fourth-order valence-corrected chi connectivity index (χ4v) is 7.02. The van der Waals surface area contributed by atoms with Crippen LogP contribution in [0.4, 0.5) is 4.79 Å². The predicted molar refractivity (Wildman–Crippen MR) is 117 cm³/mol. The molecule has 1 unspecified atom stereocenters. The summed E-state index contributed by atoms with van der Waals surface area (Å²) in [5.74, 6) is 2.94. The number of urea groups is 1. The Balaban J connectivity index is 0.00000240. The number of hydrogen-bond acceptors (Lipinski definition) is 3. The van der Waals surface area contributed by atoms with Crippen LogP contribution in [0.3, 0.4) is 0 Å². The van der Waals surface area contributed by atoms with Gasteiger partial charge in [-0.3, -0.25) is 4.79 Å². The second-order valence-electron chi connectivity index (χ2n) is 10.1. The Kier molecular flexibility index (Phi) is 7.71. The fourth-order valence-electron chi connectivity index (χ4n) is 7.02. The highest BCUT2D eigenvalue weighted by molar-refractivity contribution is 5.85. The van der Waals surface area contributed by atoms with Gasteiger partial charge in [0.2, 0.25) is 5.91 Å². The number of nitrogens with one attached hydrogen (secondary N) is 3. The average Bonchev–Trinajstić information content (AvgIpc) is 2.65. The number of halogens is 1. The van der Waals surface area contributed by atoms with Crippen molar-refractivity contribution in [2.45, 2.75) is 88.6 Å². The molecule has 6 nitrogen and oxygen atoms in total. The van der Waals surface area contributed by atoms with Crippen molar-refractivity contribution in [3.63, 3.8) is 0 Å². The minimum atomic E-state index is -0.0996. The summed E-state index contributed by atoms with van der Waals surface area (Å²) in [4.78, 5) is 24.8. The van der Waals surface area contributed by atoms with Gasteiger partial charge in [0.1, 0.15) is 0 Å². The van der Waals surface area contributed by atoms with E-state index < -0.39 is 0 Å². The van der Waals surface area contributed by atoms with Crippen LogP contribution >= 0.6 is 12.4 Å².